The van der Waals surface area contributed by atoms with E-state index in [4.69, 9.17) is 10.2 Å². The molecule has 1 unspecified atom stereocenters. The molecule has 2 aromatic rings. The van der Waals surface area contributed by atoms with Crippen LogP contribution < -0.4 is 11.1 Å². The van der Waals surface area contributed by atoms with Gasteiger partial charge in [0.05, 0.1) is 6.04 Å². The first kappa shape index (κ1) is 11.6. The van der Waals surface area contributed by atoms with Crippen LogP contribution in [0.3, 0.4) is 0 Å². The number of aryl methyl sites for hydroxylation is 2. The SMILES string of the molecule is Cc1ccc(C(C)Nc2cc(N)ccc2C)o1. The van der Waals surface area contributed by atoms with Crippen LogP contribution >= 0.6 is 0 Å². The number of benzene rings is 1. The van der Waals surface area contributed by atoms with Crippen LogP contribution in [0.2, 0.25) is 0 Å². The molecular weight excluding hydrogens is 212 g/mol. The zero-order valence-corrected chi connectivity index (χ0v) is 10.4. The van der Waals surface area contributed by atoms with Crippen molar-refractivity contribution in [1.82, 2.24) is 0 Å². The van der Waals surface area contributed by atoms with Crippen molar-refractivity contribution in [2.24, 2.45) is 0 Å². The Morgan fingerprint density at radius 1 is 1.18 bits per heavy atom. The van der Waals surface area contributed by atoms with Crippen molar-refractivity contribution in [1.29, 1.82) is 0 Å². The Kier molecular flexibility index (Phi) is 3.09. The third-order valence-corrected chi connectivity index (χ3v) is 2.82. The van der Waals surface area contributed by atoms with E-state index in [0.29, 0.717) is 0 Å². The first-order valence-electron chi connectivity index (χ1n) is 5.75. The maximum Gasteiger partial charge on any atom is 0.126 e. The first-order valence-corrected chi connectivity index (χ1v) is 5.75. The van der Waals surface area contributed by atoms with Crippen LogP contribution in [0, 0.1) is 13.8 Å². The molecule has 0 aliphatic heterocycles. The Labute approximate surface area is 102 Å². The number of hydrogen-bond donors (Lipinski definition) is 2. The van der Waals surface area contributed by atoms with Crippen LogP contribution in [-0.2, 0) is 0 Å². The van der Waals surface area contributed by atoms with Gasteiger partial charge >= 0.3 is 0 Å². The molecule has 17 heavy (non-hydrogen) atoms. The zero-order chi connectivity index (χ0) is 12.4. The third-order valence-electron chi connectivity index (χ3n) is 2.82. The van der Waals surface area contributed by atoms with E-state index in [9.17, 15) is 0 Å². The summed E-state index contributed by atoms with van der Waals surface area (Å²) in [6, 6.07) is 9.96. The average Bonchev–Trinajstić information content (AvgIpc) is 2.70. The molecule has 0 spiro atoms. The van der Waals surface area contributed by atoms with Crippen LogP contribution in [-0.4, -0.2) is 0 Å². The van der Waals surface area contributed by atoms with Crippen LogP contribution in [0.1, 0.15) is 30.0 Å². The molecule has 90 valence electrons. The standard InChI is InChI=1S/C14H18N2O/c1-9-4-6-12(15)8-13(9)16-11(3)14-7-5-10(2)17-14/h4-8,11,16H,15H2,1-3H3. The number of hydrogen-bond acceptors (Lipinski definition) is 3. The lowest BCUT2D eigenvalue weighted by molar-refractivity contribution is 0.467. The Morgan fingerprint density at radius 3 is 2.59 bits per heavy atom. The van der Waals surface area contributed by atoms with Crippen LogP contribution in [0.4, 0.5) is 11.4 Å². The smallest absolute Gasteiger partial charge is 0.126 e. The molecular formula is C14H18N2O. The molecule has 0 saturated heterocycles. The number of rotatable bonds is 3. The van der Waals surface area contributed by atoms with Crippen molar-refractivity contribution >= 4 is 11.4 Å². The molecule has 1 atom stereocenters. The highest BCUT2D eigenvalue weighted by atomic mass is 16.3. The van der Waals surface area contributed by atoms with E-state index >= 15 is 0 Å². The summed E-state index contributed by atoms with van der Waals surface area (Å²) in [5, 5.41) is 3.41. The maximum atomic E-state index is 5.78. The highest BCUT2D eigenvalue weighted by Crippen LogP contribution is 2.24. The fourth-order valence-electron chi connectivity index (χ4n) is 1.79. The second-order valence-corrected chi connectivity index (χ2v) is 4.39. The van der Waals surface area contributed by atoms with Gasteiger partial charge in [0, 0.05) is 11.4 Å². The number of furan rings is 1. The largest absolute Gasteiger partial charge is 0.464 e. The van der Waals surface area contributed by atoms with Gasteiger partial charge in [-0.15, -0.1) is 0 Å². The minimum atomic E-state index is 0.129. The van der Waals surface area contributed by atoms with E-state index in [-0.39, 0.29) is 6.04 Å². The van der Waals surface area contributed by atoms with Crippen molar-refractivity contribution in [2.75, 3.05) is 11.1 Å². The van der Waals surface area contributed by atoms with Gasteiger partial charge < -0.3 is 15.5 Å². The van der Waals surface area contributed by atoms with Crippen LogP contribution in [0.25, 0.3) is 0 Å². The molecule has 0 fully saturated rings. The number of anilines is 2. The monoisotopic (exact) mass is 230 g/mol. The molecule has 0 aliphatic rings. The molecule has 0 saturated carbocycles. The summed E-state index contributed by atoms with van der Waals surface area (Å²) in [5.74, 6) is 1.86. The summed E-state index contributed by atoms with van der Waals surface area (Å²) < 4.78 is 5.59. The predicted octanol–water partition coefficient (Wildman–Crippen LogP) is 3.65. The average molecular weight is 230 g/mol. The fourth-order valence-corrected chi connectivity index (χ4v) is 1.79. The molecule has 0 aliphatic carbocycles. The number of nitrogen functional groups attached to an aromatic ring is 1. The lowest BCUT2D eigenvalue weighted by Gasteiger charge is -2.15. The van der Waals surface area contributed by atoms with Crippen molar-refractivity contribution in [2.45, 2.75) is 26.8 Å². The van der Waals surface area contributed by atoms with E-state index in [1.165, 1.54) is 5.56 Å². The third kappa shape index (κ3) is 2.61. The molecule has 0 amide bonds. The lowest BCUT2D eigenvalue weighted by atomic mass is 10.1. The predicted molar refractivity (Wildman–Crippen MR) is 71.1 cm³/mol. The highest BCUT2D eigenvalue weighted by molar-refractivity contribution is 5.59. The summed E-state index contributed by atoms with van der Waals surface area (Å²) in [6.45, 7) is 6.07. The van der Waals surface area contributed by atoms with Crippen molar-refractivity contribution in [3.63, 3.8) is 0 Å². The van der Waals surface area contributed by atoms with Crippen molar-refractivity contribution in [3.05, 3.63) is 47.4 Å². The maximum absolute atomic E-state index is 5.78. The van der Waals surface area contributed by atoms with Gasteiger partial charge in [-0.2, -0.15) is 0 Å². The van der Waals surface area contributed by atoms with Crippen LogP contribution in [0.5, 0.6) is 0 Å². The van der Waals surface area contributed by atoms with Crippen molar-refractivity contribution < 1.29 is 4.42 Å². The van der Waals surface area contributed by atoms with Gasteiger partial charge in [0.15, 0.2) is 0 Å². The Hall–Kier alpha value is -1.90. The Bertz CT molecular complexity index is 517. The van der Waals surface area contributed by atoms with E-state index < -0.39 is 0 Å². The molecule has 1 heterocycles. The molecule has 1 aromatic heterocycles. The van der Waals surface area contributed by atoms with E-state index in [2.05, 4.69) is 19.2 Å². The first-order chi connectivity index (χ1) is 8.06. The number of nitrogens with one attached hydrogen (secondary N) is 1. The van der Waals surface area contributed by atoms with Gasteiger partial charge in [0.25, 0.3) is 0 Å². The summed E-state index contributed by atoms with van der Waals surface area (Å²) in [4.78, 5) is 0. The molecule has 2 rings (SSSR count). The minimum Gasteiger partial charge on any atom is -0.464 e. The summed E-state index contributed by atoms with van der Waals surface area (Å²) in [6.07, 6.45) is 0. The minimum absolute atomic E-state index is 0.129. The van der Waals surface area contributed by atoms with Gasteiger partial charge in [0.2, 0.25) is 0 Å². The molecule has 3 nitrogen and oxygen atoms in total. The second-order valence-electron chi connectivity index (χ2n) is 4.39. The van der Waals surface area contributed by atoms with Gasteiger partial charge in [-0.25, -0.2) is 0 Å². The van der Waals surface area contributed by atoms with Crippen molar-refractivity contribution in [3.8, 4) is 0 Å². The summed E-state index contributed by atoms with van der Waals surface area (Å²) >= 11 is 0. The Balaban J connectivity index is 2.18. The molecule has 3 N–H and O–H groups in total. The van der Waals surface area contributed by atoms with Gasteiger partial charge in [-0.1, -0.05) is 6.07 Å². The van der Waals surface area contributed by atoms with Gasteiger partial charge in [-0.3, -0.25) is 0 Å². The zero-order valence-electron chi connectivity index (χ0n) is 10.4. The highest BCUT2D eigenvalue weighted by Gasteiger charge is 2.10. The molecule has 0 bridgehead atoms. The topological polar surface area (TPSA) is 51.2 Å². The quantitative estimate of drug-likeness (QED) is 0.791. The van der Waals surface area contributed by atoms with E-state index in [0.717, 1.165) is 22.9 Å². The molecule has 0 radical (unpaired) electrons. The van der Waals surface area contributed by atoms with Gasteiger partial charge in [0.1, 0.15) is 11.5 Å². The normalized spacial score (nSPS) is 12.4. The van der Waals surface area contributed by atoms with Crippen LogP contribution in [0.15, 0.2) is 34.7 Å². The summed E-state index contributed by atoms with van der Waals surface area (Å²) in [7, 11) is 0. The summed E-state index contributed by atoms with van der Waals surface area (Å²) in [5.41, 5.74) is 8.77. The van der Waals surface area contributed by atoms with E-state index in [1.54, 1.807) is 0 Å². The lowest BCUT2D eigenvalue weighted by Crippen LogP contribution is -2.07. The second kappa shape index (κ2) is 4.53. The molecule has 3 heteroatoms. The van der Waals surface area contributed by atoms with Gasteiger partial charge in [-0.05, 0) is 50.6 Å². The number of nitrogens with two attached hydrogens (primary N) is 1. The molecule has 1 aromatic carbocycles. The fraction of sp³-hybridized carbons (Fsp3) is 0.286. The Morgan fingerprint density at radius 2 is 1.94 bits per heavy atom. The van der Waals surface area contributed by atoms with E-state index in [1.807, 2.05) is 37.3 Å².